The molecule has 0 aliphatic carbocycles. The normalized spacial score (nSPS) is 12.2. The van der Waals surface area contributed by atoms with E-state index in [2.05, 4.69) is 0 Å². The fourth-order valence-corrected chi connectivity index (χ4v) is 3.45. The number of rotatable bonds is 7. The minimum absolute atomic E-state index is 0.0809. The minimum atomic E-state index is -3.50. The van der Waals surface area contributed by atoms with Crippen molar-refractivity contribution in [2.75, 3.05) is 17.9 Å². The summed E-state index contributed by atoms with van der Waals surface area (Å²) in [6.07, 6.45) is 0.754. The van der Waals surface area contributed by atoms with Gasteiger partial charge in [-0.25, -0.2) is 0 Å². The van der Waals surface area contributed by atoms with Gasteiger partial charge in [0, 0.05) is 26.2 Å². The number of hydrogen-bond acceptors (Lipinski definition) is 3. The molecule has 0 amide bonds. The smallest absolute Gasteiger partial charge is 0.304 e. The van der Waals surface area contributed by atoms with Crippen molar-refractivity contribution in [3.63, 3.8) is 0 Å². The molecule has 0 fully saturated rings. The van der Waals surface area contributed by atoms with E-state index in [1.807, 2.05) is 45.0 Å². The zero-order valence-corrected chi connectivity index (χ0v) is 13.5. The zero-order chi connectivity index (χ0) is 15.3. The predicted molar refractivity (Wildman–Crippen MR) is 83.8 cm³/mol. The second-order valence-electron chi connectivity index (χ2n) is 5.06. The topological polar surface area (TPSA) is 66.6 Å². The first-order chi connectivity index (χ1) is 9.34. The predicted octanol–water partition coefficient (Wildman–Crippen LogP) is 1.95. The van der Waals surface area contributed by atoms with Crippen molar-refractivity contribution in [3.8, 4) is 0 Å². The fourth-order valence-electron chi connectivity index (χ4n) is 1.80. The summed E-state index contributed by atoms with van der Waals surface area (Å²) in [5.74, 6) is 0. The number of benzene rings is 1. The summed E-state index contributed by atoms with van der Waals surface area (Å²) >= 11 is 0. The molecule has 0 spiro atoms. The van der Waals surface area contributed by atoms with E-state index in [-0.39, 0.29) is 6.04 Å². The first-order valence-electron chi connectivity index (χ1n) is 6.89. The second-order valence-corrected chi connectivity index (χ2v) is 6.97. The molecule has 0 atom stereocenters. The maximum absolute atomic E-state index is 12.6. The summed E-state index contributed by atoms with van der Waals surface area (Å²) in [6, 6.07) is 7.27. The third kappa shape index (κ3) is 3.71. The standard InChI is InChI=1S/C14H25N3O2S/c1-5-10-17(20(18,19)16(4)12(2)3)14-8-6-13(11-15)7-9-14/h6-9,12H,5,10-11,15H2,1-4H3. The van der Waals surface area contributed by atoms with Gasteiger partial charge in [0.15, 0.2) is 0 Å². The van der Waals surface area contributed by atoms with Gasteiger partial charge in [0.05, 0.1) is 5.69 Å². The Kier molecular flexibility index (Phi) is 5.98. The lowest BCUT2D eigenvalue weighted by Gasteiger charge is -2.31. The van der Waals surface area contributed by atoms with Crippen LogP contribution in [-0.2, 0) is 16.8 Å². The van der Waals surface area contributed by atoms with Gasteiger partial charge in [0.1, 0.15) is 0 Å². The summed E-state index contributed by atoms with van der Waals surface area (Å²) in [7, 11) is -1.89. The molecule has 0 bridgehead atoms. The number of nitrogens with two attached hydrogens (primary N) is 1. The van der Waals surface area contributed by atoms with Crippen molar-refractivity contribution >= 4 is 15.9 Å². The van der Waals surface area contributed by atoms with E-state index in [1.54, 1.807) is 7.05 Å². The van der Waals surface area contributed by atoms with E-state index >= 15 is 0 Å². The van der Waals surface area contributed by atoms with Crippen LogP contribution in [-0.4, -0.2) is 32.4 Å². The third-order valence-corrected chi connectivity index (χ3v) is 5.36. The first kappa shape index (κ1) is 16.9. The molecule has 0 unspecified atom stereocenters. The average Bonchev–Trinajstić information content (AvgIpc) is 2.43. The Morgan fingerprint density at radius 1 is 1.20 bits per heavy atom. The highest BCUT2D eigenvalue weighted by Crippen LogP contribution is 2.22. The Morgan fingerprint density at radius 3 is 2.15 bits per heavy atom. The number of anilines is 1. The average molecular weight is 299 g/mol. The van der Waals surface area contributed by atoms with Crippen molar-refractivity contribution in [1.29, 1.82) is 0 Å². The van der Waals surface area contributed by atoms with Crippen molar-refractivity contribution in [2.45, 2.75) is 39.8 Å². The molecule has 1 aromatic carbocycles. The Labute approximate surface area is 122 Å². The van der Waals surface area contributed by atoms with E-state index < -0.39 is 10.2 Å². The SMILES string of the molecule is CCCN(c1ccc(CN)cc1)S(=O)(=O)N(C)C(C)C. The summed E-state index contributed by atoms with van der Waals surface area (Å²) in [5.41, 5.74) is 7.23. The fraction of sp³-hybridized carbons (Fsp3) is 0.571. The summed E-state index contributed by atoms with van der Waals surface area (Å²) < 4.78 is 28.1. The lowest BCUT2D eigenvalue weighted by Crippen LogP contribution is -2.45. The molecule has 0 aliphatic heterocycles. The van der Waals surface area contributed by atoms with Crippen LogP contribution in [0.5, 0.6) is 0 Å². The van der Waals surface area contributed by atoms with Gasteiger partial charge in [-0.15, -0.1) is 0 Å². The molecule has 5 nitrogen and oxygen atoms in total. The molecule has 0 radical (unpaired) electrons. The maximum Gasteiger partial charge on any atom is 0.304 e. The highest BCUT2D eigenvalue weighted by atomic mass is 32.2. The molecule has 0 saturated carbocycles. The molecule has 0 heterocycles. The lowest BCUT2D eigenvalue weighted by atomic mass is 10.2. The largest absolute Gasteiger partial charge is 0.326 e. The van der Waals surface area contributed by atoms with Crippen LogP contribution in [0.2, 0.25) is 0 Å². The molecule has 2 N–H and O–H groups in total. The van der Waals surface area contributed by atoms with Crippen LogP contribution in [0, 0.1) is 0 Å². The highest BCUT2D eigenvalue weighted by Gasteiger charge is 2.28. The van der Waals surface area contributed by atoms with Crippen LogP contribution >= 0.6 is 0 Å². The molecule has 1 rings (SSSR count). The Morgan fingerprint density at radius 2 is 1.75 bits per heavy atom. The molecule has 0 aliphatic rings. The van der Waals surface area contributed by atoms with E-state index in [1.165, 1.54) is 8.61 Å². The lowest BCUT2D eigenvalue weighted by molar-refractivity contribution is 0.408. The molecule has 1 aromatic rings. The molecule has 20 heavy (non-hydrogen) atoms. The first-order valence-corrected chi connectivity index (χ1v) is 8.29. The van der Waals surface area contributed by atoms with Gasteiger partial charge in [-0.05, 0) is 38.0 Å². The molecular weight excluding hydrogens is 274 g/mol. The van der Waals surface area contributed by atoms with E-state index in [0.29, 0.717) is 18.8 Å². The van der Waals surface area contributed by atoms with Gasteiger partial charge in [0.2, 0.25) is 0 Å². The van der Waals surface area contributed by atoms with Crippen LogP contribution in [0.15, 0.2) is 24.3 Å². The van der Waals surface area contributed by atoms with E-state index in [9.17, 15) is 8.42 Å². The van der Waals surface area contributed by atoms with Gasteiger partial charge in [-0.1, -0.05) is 19.1 Å². The molecule has 0 aromatic heterocycles. The van der Waals surface area contributed by atoms with Crippen LogP contribution in [0.4, 0.5) is 5.69 Å². The number of hydrogen-bond donors (Lipinski definition) is 1. The molecule has 0 saturated heterocycles. The maximum atomic E-state index is 12.6. The van der Waals surface area contributed by atoms with Crippen LogP contribution in [0.1, 0.15) is 32.8 Å². The van der Waals surface area contributed by atoms with Crippen molar-refractivity contribution in [2.24, 2.45) is 5.73 Å². The van der Waals surface area contributed by atoms with E-state index in [0.717, 1.165) is 12.0 Å². The van der Waals surface area contributed by atoms with Crippen LogP contribution in [0.3, 0.4) is 0 Å². The van der Waals surface area contributed by atoms with Crippen LogP contribution < -0.4 is 10.0 Å². The third-order valence-electron chi connectivity index (χ3n) is 3.26. The molecular formula is C14H25N3O2S. The zero-order valence-electron chi connectivity index (χ0n) is 12.7. The van der Waals surface area contributed by atoms with Gasteiger partial charge in [-0.3, -0.25) is 4.31 Å². The van der Waals surface area contributed by atoms with Crippen LogP contribution in [0.25, 0.3) is 0 Å². The van der Waals surface area contributed by atoms with Gasteiger partial charge < -0.3 is 5.73 Å². The van der Waals surface area contributed by atoms with Crippen molar-refractivity contribution in [3.05, 3.63) is 29.8 Å². The molecule has 114 valence electrons. The minimum Gasteiger partial charge on any atom is -0.326 e. The summed E-state index contributed by atoms with van der Waals surface area (Å²) in [4.78, 5) is 0. The van der Waals surface area contributed by atoms with Gasteiger partial charge in [0.25, 0.3) is 0 Å². The van der Waals surface area contributed by atoms with Crippen molar-refractivity contribution < 1.29 is 8.42 Å². The monoisotopic (exact) mass is 299 g/mol. The Hall–Kier alpha value is -1.11. The van der Waals surface area contributed by atoms with E-state index in [4.69, 9.17) is 5.73 Å². The quantitative estimate of drug-likeness (QED) is 0.837. The van der Waals surface area contributed by atoms with Crippen molar-refractivity contribution in [1.82, 2.24) is 4.31 Å². The summed E-state index contributed by atoms with van der Waals surface area (Å²) in [5, 5.41) is 0. The van der Waals surface area contributed by atoms with Gasteiger partial charge >= 0.3 is 10.2 Å². The molecule has 6 heteroatoms. The summed E-state index contributed by atoms with van der Waals surface area (Å²) in [6.45, 7) is 6.60. The second kappa shape index (κ2) is 7.06. The number of nitrogens with zero attached hydrogens (tertiary/aromatic N) is 2. The Balaban J connectivity index is 3.16. The van der Waals surface area contributed by atoms with Gasteiger partial charge in [-0.2, -0.15) is 12.7 Å². The highest BCUT2D eigenvalue weighted by molar-refractivity contribution is 7.90. The Bertz CT molecular complexity index is 512.